The molecule has 0 spiro atoms. The maximum Gasteiger partial charge on any atom is 0.129 e. The molecular formula is C9H12Cl2N2. The van der Waals surface area contributed by atoms with Gasteiger partial charge in [-0.05, 0) is 24.6 Å². The van der Waals surface area contributed by atoms with Crippen LogP contribution < -0.4 is 5.32 Å². The lowest BCUT2D eigenvalue weighted by Crippen LogP contribution is -2.15. The van der Waals surface area contributed by atoms with Crippen LogP contribution in [0.25, 0.3) is 0 Å². The van der Waals surface area contributed by atoms with Gasteiger partial charge in [-0.3, -0.25) is 0 Å². The Kier molecular flexibility index (Phi) is 5.13. The summed E-state index contributed by atoms with van der Waals surface area (Å²) in [5, 5.41) is 3.79. The summed E-state index contributed by atoms with van der Waals surface area (Å²) in [5.41, 5.74) is 1.14. The zero-order valence-electron chi connectivity index (χ0n) is 7.26. The molecule has 1 heterocycles. The molecule has 0 amide bonds. The minimum atomic E-state index is 0.532. The molecule has 0 atom stereocenters. The van der Waals surface area contributed by atoms with Crippen LogP contribution in [0.5, 0.6) is 0 Å². The van der Waals surface area contributed by atoms with Crippen LogP contribution in [0, 0.1) is 0 Å². The number of hydrogen-bond acceptors (Lipinski definition) is 2. The van der Waals surface area contributed by atoms with Crippen LogP contribution in [0.4, 0.5) is 0 Å². The fraction of sp³-hybridized carbons (Fsp3) is 0.444. The quantitative estimate of drug-likeness (QED) is 0.467. The van der Waals surface area contributed by atoms with E-state index in [4.69, 9.17) is 23.2 Å². The molecule has 72 valence electrons. The van der Waals surface area contributed by atoms with Gasteiger partial charge in [-0.15, -0.1) is 11.6 Å². The van der Waals surface area contributed by atoms with Crippen LogP contribution >= 0.6 is 23.2 Å². The highest BCUT2D eigenvalue weighted by atomic mass is 35.5. The first-order valence-electron chi connectivity index (χ1n) is 4.20. The Labute approximate surface area is 88.3 Å². The van der Waals surface area contributed by atoms with Crippen molar-refractivity contribution in [1.82, 2.24) is 10.3 Å². The van der Waals surface area contributed by atoms with E-state index >= 15 is 0 Å². The topological polar surface area (TPSA) is 24.9 Å². The van der Waals surface area contributed by atoms with Crippen LogP contribution in [0.15, 0.2) is 18.3 Å². The molecule has 0 radical (unpaired) electrons. The fourth-order valence-electron chi connectivity index (χ4n) is 0.936. The molecule has 0 saturated heterocycles. The standard InChI is InChI=1S/C9H12Cl2N2/c10-4-1-5-12-6-8-2-3-9(11)13-7-8/h2-3,7,12H,1,4-6H2. The Morgan fingerprint density at radius 2 is 2.23 bits per heavy atom. The summed E-state index contributed by atoms with van der Waals surface area (Å²) < 4.78 is 0. The molecule has 0 bridgehead atoms. The molecule has 0 aliphatic carbocycles. The second kappa shape index (κ2) is 6.19. The van der Waals surface area contributed by atoms with Gasteiger partial charge in [0.05, 0.1) is 0 Å². The van der Waals surface area contributed by atoms with Crippen molar-refractivity contribution < 1.29 is 0 Å². The van der Waals surface area contributed by atoms with Crippen LogP contribution in [0.3, 0.4) is 0 Å². The first-order valence-corrected chi connectivity index (χ1v) is 5.11. The third-order valence-electron chi connectivity index (χ3n) is 1.60. The van der Waals surface area contributed by atoms with Gasteiger partial charge < -0.3 is 5.32 Å². The minimum absolute atomic E-state index is 0.532. The highest BCUT2D eigenvalue weighted by Gasteiger charge is 1.92. The number of pyridine rings is 1. The van der Waals surface area contributed by atoms with Crippen LogP contribution in [-0.4, -0.2) is 17.4 Å². The number of alkyl halides is 1. The summed E-state index contributed by atoms with van der Waals surface area (Å²) in [6, 6.07) is 3.75. The van der Waals surface area contributed by atoms with Crippen molar-refractivity contribution in [1.29, 1.82) is 0 Å². The number of nitrogens with zero attached hydrogens (tertiary/aromatic N) is 1. The van der Waals surface area contributed by atoms with E-state index in [0.717, 1.165) is 25.1 Å². The maximum absolute atomic E-state index is 5.65. The van der Waals surface area contributed by atoms with E-state index in [1.807, 2.05) is 6.07 Å². The molecule has 0 aromatic carbocycles. The second-order valence-electron chi connectivity index (χ2n) is 2.71. The van der Waals surface area contributed by atoms with Crippen LogP contribution in [-0.2, 0) is 6.54 Å². The lowest BCUT2D eigenvalue weighted by Gasteiger charge is -2.02. The van der Waals surface area contributed by atoms with Crippen molar-refractivity contribution in [3.8, 4) is 0 Å². The molecule has 1 aromatic heterocycles. The van der Waals surface area contributed by atoms with E-state index in [1.54, 1.807) is 12.3 Å². The molecule has 0 fully saturated rings. The SMILES string of the molecule is ClCCCNCc1ccc(Cl)nc1. The number of halogens is 2. The number of aromatic nitrogens is 1. The van der Waals surface area contributed by atoms with Crippen molar-refractivity contribution in [2.24, 2.45) is 0 Å². The first-order chi connectivity index (χ1) is 6.33. The van der Waals surface area contributed by atoms with Gasteiger partial charge in [-0.2, -0.15) is 0 Å². The molecule has 2 nitrogen and oxygen atoms in total. The summed E-state index contributed by atoms with van der Waals surface area (Å²) in [4.78, 5) is 3.98. The van der Waals surface area contributed by atoms with Gasteiger partial charge in [0.15, 0.2) is 0 Å². The van der Waals surface area contributed by atoms with Gasteiger partial charge in [0.25, 0.3) is 0 Å². The van der Waals surface area contributed by atoms with Gasteiger partial charge >= 0.3 is 0 Å². The number of hydrogen-bond donors (Lipinski definition) is 1. The van der Waals surface area contributed by atoms with Crippen molar-refractivity contribution in [3.05, 3.63) is 29.0 Å². The Bertz CT molecular complexity index is 236. The van der Waals surface area contributed by atoms with Crippen molar-refractivity contribution in [2.75, 3.05) is 12.4 Å². The summed E-state index contributed by atoms with van der Waals surface area (Å²) in [6.07, 6.45) is 2.76. The fourth-order valence-corrected chi connectivity index (χ4v) is 1.18. The third kappa shape index (κ3) is 4.46. The summed E-state index contributed by atoms with van der Waals surface area (Å²) >= 11 is 11.2. The molecule has 1 N–H and O–H groups in total. The molecule has 0 aliphatic heterocycles. The second-order valence-corrected chi connectivity index (χ2v) is 3.47. The van der Waals surface area contributed by atoms with E-state index in [-0.39, 0.29) is 0 Å². The molecule has 4 heteroatoms. The number of nitrogens with one attached hydrogen (secondary N) is 1. The monoisotopic (exact) mass is 218 g/mol. The summed E-state index contributed by atoms with van der Waals surface area (Å²) in [7, 11) is 0. The zero-order valence-corrected chi connectivity index (χ0v) is 8.78. The predicted molar refractivity (Wildman–Crippen MR) is 56.3 cm³/mol. The van der Waals surface area contributed by atoms with E-state index < -0.39 is 0 Å². The van der Waals surface area contributed by atoms with E-state index in [9.17, 15) is 0 Å². The van der Waals surface area contributed by atoms with Crippen LogP contribution in [0.2, 0.25) is 5.15 Å². The summed E-state index contributed by atoms with van der Waals surface area (Å²) in [5.74, 6) is 0.700. The van der Waals surface area contributed by atoms with Gasteiger partial charge in [-0.25, -0.2) is 4.98 Å². The van der Waals surface area contributed by atoms with E-state index in [1.165, 1.54) is 0 Å². The van der Waals surface area contributed by atoms with E-state index in [2.05, 4.69) is 10.3 Å². The Balaban J connectivity index is 2.25. The number of rotatable bonds is 5. The Hall–Kier alpha value is -0.310. The van der Waals surface area contributed by atoms with Gasteiger partial charge in [0, 0.05) is 18.6 Å². The molecule has 0 unspecified atom stereocenters. The summed E-state index contributed by atoms with van der Waals surface area (Å²) in [6.45, 7) is 1.76. The maximum atomic E-state index is 5.65. The molecule has 0 aliphatic rings. The highest BCUT2D eigenvalue weighted by molar-refractivity contribution is 6.29. The van der Waals surface area contributed by atoms with Crippen molar-refractivity contribution in [3.63, 3.8) is 0 Å². The van der Waals surface area contributed by atoms with Crippen molar-refractivity contribution in [2.45, 2.75) is 13.0 Å². The van der Waals surface area contributed by atoms with E-state index in [0.29, 0.717) is 11.0 Å². The minimum Gasteiger partial charge on any atom is -0.313 e. The third-order valence-corrected chi connectivity index (χ3v) is 2.10. The van der Waals surface area contributed by atoms with Gasteiger partial charge in [0.2, 0.25) is 0 Å². The Morgan fingerprint density at radius 1 is 1.38 bits per heavy atom. The van der Waals surface area contributed by atoms with Crippen molar-refractivity contribution >= 4 is 23.2 Å². The first kappa shape index (κ1) is 10.8. The largest absolute Gasteiger partial charge is 0.313 e. The average Bonchev–Trinajstić information content (AvgIpc) is 2.15. The zero-order chi connectivity index (χ0) is 9.52. The van der Waals surface area contributed by atoms with Gasteiger partial charge in [0.1, 0.15) is 5.15 Å². The van der Waals surface area contributed by atoms with Gasteiger partial charge in [-0.1, -0.05) is 17.7 Å². The average molecular weight is 219 g/mol. The van der Waals surface area contributed by atoms with Crippen LogP contribution in [0.1, 0.15) is 12.0 Å². The molecule has 1 rings (SSSR count). The molecule has 13 heavy (non-hydrogen) atoms. The smallest absolute Gasteiger partial charge is 0.129 e. The molecule has 0 saturated carbocycles. The predicted octanol–water partition coefficient (Wildman–Crippen LogP) is 2.45. The lowest BCUT2D eigenvalue weighted by molar-refractivity contribution is 0.676. The molecular weight excluding hydrogens is 207 g/mol. The normalized spacial score (nSPS) is 10.3. The molecule has 1 aromatic rings. The lowest BCUT2D eigenvalue weighted by atomic mass is 10.3. The Morgan fingerprint density at radius 3 is 2.85 bits per heavy atom. The highest BCUT2D eigenvalue weighted by Crippen LogP contribution is 2.04.